The van der Waals surface area contributed by atoms with E-state index in [2.05, 4.69) is 15.6 Å². The van der Waals surface area contributed by atoms with E-state index in [1.807, 2.05) is 72.8 Å². The molecule has 6 heteroatoms. The van der Waals surface area contributed by atoms with E-state index in [4.69, 9.17) is 0 Å². The third-order valence-electron chi connectivity index (χ3n) is 5.80. The third kappa shape index (κ3) is 7.32. The summed E-state index contributed by atoms with van der Waals surface area (Å²) in [7, 11) is 0. The number of carbonyl (C=O) groups excluding carboxylic acids is 3. The molecule has 0 spiro atoms. The molecule has 1 unspecified atom stereocenters. The second-order valence-corrected chi connectivity index (χ2v) is 8.43. The lowest BCUT2D eigenvalue weighted by Crippen LogP contribution is -2.46. The number of hydrogen-bond donors (Lipinski definition) is 2. The number of nitrogens with zero attached hydrogens (tertiary/aromatic N) is 1. The molecule has 2 N–H and O–H groups in total. The van der Waals surface area contributed by atoms with Gasteiger partial charge in [-0.05, 0) is 53.4 Å². The smallest absolute Gasteiger partial charge is 0.252 e. The topological polar surface area (TPSA) is 88.2 Å². The molecular weight excluding hydrogens is 462 g/mol. The minimum absolute atomic E-state index is 0.199. The molecule has 2 amide bonds. The average molecular weight is 490 g/mol. The molecule has 6 nitrogen and oxygen atoms in total. The van der Waals surface area contributed by atoms with Crippen LogP contribution in [-0.2, 0) is 11.2 Å². The summed E-state index contributed by atoms with van der Waals surface area (Å²) in [5.74, 6) is -0.990. The van der Waals surface area contributed by atoms with Crippen LogP contribution < -0.4 is 10.6 Å². The van der Waals surface area contributed by atoms with E-state index in [-0.39, 0.29) is 24.1 Å². The molecule has 184 valence electrons. The molecule has 0 radical (unpaired) electrons. The van der Waals surface area contributed by atoms with E-state index in [9.17, 15) is 14.4 Å². The number of benzene rings is 3. The summed E-state index contributed by atoms with van der Waals surface area (Å²) < 4.78 is 0. The maximum Gasteiger partial charge on any atom is 0.252 e. The van der Waals surface area contributed by atoms with E-state index in [0.717, 1.165) is 16.7 Å². The number of rotatable bonds is 10. The van der Waals surface area contributed by atoms with Crippen molar-refractivity contribution in [1.82, 2.24) is 15.6 Å². The fraction of sp³-hybridized carbons (Fsp3) is 0.0968. The molecule has 4 rings (SSSR count). The molecule has 0 bridgehead atoms. The van der Waals surface area contributed by atoms with Gasteiger partial charge < -0.3 is 10.6 Å². The van der Waals surface area contributed by atoms with Crippen molar-refractivity contribution >= 4 is 29.7 Å². The van der Waals surface area contributed by atoms with Crippen molar-refractivity contribution in [3.63, 3.8) is 0 Å². The van der Waals surface area contributed by atoms with Crippen LogP contribution in [-0.4, -0.2) is 35.2 Å². The standard InChI is InChI=1S/C31H27N3O3/c35-29(22-33-30(36)26-12-5-2-6-13-26)28(21-24-9-3-1-4-10-24)34-31(37)27-14-8-7-11-25(27)16-15-23-17-19-32-20-18-23/h1-20,28H,21-22H2,(H,33,36)(H,34,37). The Bertz CT molecular complexity index is 1370. The van der Waals surface area contributed by atoms with Crippen molar-refractivity contribution in [2.75, 3.05) is 6.54 Å². The van der Waals surface area contributed by atoms with Gasteiger partial charge in [0.2, 0.25) is 0 Å². The second-order valence-electron chi connectivity index (χ2n) is 8.43. The predicted octanol–water partition coefficient (Wildman–Crippen LogP) is 4.59. The highest BCUT2D eigenvalue weighted by Crippen LogP contribution is 2.14. The van der Waals surface area contributed by atoms with Gasteiger partial charge in [-0.2, -0.15) is 0 Å². The first-order valence-electron chi connectivity index (χ1n) is 12.0. The summed E-state index contributed by atoms with van der Waals surface area (Å²) in [4.78, 5) is 43.0. The van der Waals surface area contributed by atoms with Crippen LogP contribution in [0.2, 0.25) is 0 Å². The molecule has 1 heterocycles. The Kier molecular flexibility index (Phi) is 8.70. The van der Waals surface area contributed by atoms with Gasteiger partial charge in [-0.3, -0.25) is 19.4 Å². The van der Waals surface area contributed by atoms with Crippen LogP contribution in [0.25, 0.3) is 12.2 Å². The summed E-state index contributed by atoms with van der Waals surface area (Å²) >= 11 is 0. The van der Waals surface area contributed by atoms with Gasteiger partial charge in [-0.25, -0.2) is 0 Å². The normalized spacial score (nSPS) is 11.6. The largest absolute Gasteiger partial charge is 0.345 e. The van der Waals surface area contributed by atoms with Crippen molar-refractivity contribution in [2.45, 2.75) is 12.5 Å². The van der Waals surface area contributed by atoms with Crippen LogP contribution in [0, 0.1) is 0 Å². The molecule has 4 aromatic rings. The van der Waals surface area contributed by atoms with Gasteiger partial charge >= 0.3 is 0 Å². The summed E-state index contributed by atoms with van der Waals surface area (Å²) in [6, 6.07) is 28.3. The highest BCUT2D eigenvalue weighted by Gasteiger charge is 2.23. The Morgan fingerprint density at radius 1 is 0.730 bits per heavy atom. The first kappa shape index (κ1) is 25.3. The molecule has 0 aliphatic heterocycles. The number of carbonyl (C=O) groups is 3. The van der Waals surface area contributed by atoms with Gasteiger partial charge in [0.05, 0.1) is 12.6 Å². The van der Waals surface area contributed by atoms with Gasteiger partial charge in [-0.1, -0.05) is 78.9 Å². The van der Waals surface area contributed by atoms with Gasteiger partial charge in [0.1, 0.15) is 0 Å². The van der Waals surface area contributed by atoms with E-state index in [0.29, 0.717) is 17.5 Å². The SMILES string of the molecule is O=C(NCC(=O)C(Cc1ccccc1)NC(=O)c1ccccc1C=Cc1ccncc1)c1ccccc1. The van der Waals surface area contributed by atoms with Crippen LogP contribution in [0.5, 0.6) is 0 Å². The van der Waals surface area contributed by atoms with E-state index in [1.54, 1.807) is 48.8 Å². The van der Waals surface area contributed by atoms with E-state index >= 15 is 0 Å². The van der Waals surface area contributed by atoms with Crippen molar-refractivity contribution in [2.24, 2.45) is 0 Å². The molecule has 0 aliphatic rings. The first-order valence-corrected chi connectivity index (χ1v) is 12.0. The molecular formula is C31H27N3O3. The zero-order chi connectivity index (χ0) is 25.9. The zero-order valence-electron chi connectivity index (χ0n) is 20.2. The molecule has 0 aliphatic carbocycles. The molecule has 0 saturated heterocycles. The summed E-state index contributed by atoms with van der Waals surface area (Å²) in [6.07, 6.45) is 7.48. The van der Waals surface area contributed by atoms with Crippen LogP contribution >= 0.6 is 0 Å². The monoisotopic (exact) mass is 489 g/mol. The number of ketones is 1. The second kappa shape index (κ2) is 12.7. The Hall–Kier alpha value is -4.84. The first-order chi connectivity index (χ1) is 18.1. The predicted molar refractivity (Wildman–Crippen MR) is 145 cm³/mol. The highest BCUT2D eigenvalue weighted by atomic mass is 16.2. The minimum atomic E-state index is -0.816. The Morgan fingerprint density at radius 2 is 1.38 bits per heavy atom. The van der Waals surface area contributed by atoms with Gasteiger partial charge in [-0.15, -0.1) is 0 Å². The number of aromatic nitrogens is 1. The lowest BCUT2D eigenvalue weighted by atomic mass is 10.00. The molecule has 1 aromatic heterocycles. The molecule has 37 heavy (non-hydrogen) atoms. The van der Waals surface area contributed by atoms with Crippen LogP contribution in [0.15, 0.2) is 109 Å². The summed E-state index contributed by atoms with van der Waals surface area (Å²) in [5.41, 5.74) is 3.50. The molecule has 3 aromatic carbocycles. The number of nitrogens with one attached hydrogen (secondary N) is 2. The molecule has 0 saturated carbocycles. The summed E-state index contributed by atoms with van der Waals surface area (Å²) in [5, 5.41) is 5.57. The molecule has 1 atom stereocenters. The average Bonchev–Trinajstić information content (AvgIpc) is 2.96. The van der Waals surface area contributed by atoms with Crippen LogP contribution in [0.3, 0.4) is 0 Å². The van der Waals surface area contributed by atoms with Gasteiger partial charge in [0.15, 0.2) is 5.78 Å². The quantitative estimate of drug-likeness (QED) is 0.341. The number of pyridine rings is 1. The van der Waals surface area contributed by atoms with Crippen molar-refractivity contribution in [3.05, 3.63) is 137 Å². The fourth-order valence-corrected chi connectivity index (χ4v) is 3.82. The van der Waals surface area contributed by atoms with Gasteiger partial charge in [0.25, 0.3) is 11.8 Å². The van der Waals surface area contributed by atoms with Crippen LogP contribution in [0.1, 0.15) is 37.4 Å². The highest BCUT2D eigenvalue weighted by molar-refractivity contribution is 6.02. The van der Waals surface area contributed by atoms with Crippen LogP contribution in [0.4, 0.5) is 0 Å². The van der Waals surface area contributed by atoms with Crippen molar-refractivity contribution in [1.29, 1.82) is 0 Å². The Labute approximate surface area is 216 Å². The third-order valence-corrected chi connectivity index (χ3v) is 5.80. The van der Waals surface area contributed by atoms with Gasteiger partial charge in [0, 0.05) is 23.5 Å². The number of hydrogen-bond acceptors (Lipinski definition) is 4. The van der Waals surface area contributed by atoms with Crippen molar-refractivity contribution < 1.29 is 14.4 Å². The lowest BCUT2D eigenvalue weighted by molar-refractivity contribution is -0.119. The summed E-state index contributed by atoms with van der Waals surface area (Å²) in [6.45, 7) is -0.199. The van der Waals surface area contributed by atoms with Crippen molar-refractivity contribution in [3.8, 4) is 0 Å². The van der Waals surface area contributed by atoms with E-state index < -0.39 is 6.04 Å². The minimum Gasteiger partial charge on any atom is -0.345 e. The zero-order valence-corrected chi connectivity index (χ0v) is 20.2. The lowest BCUT2D eigenvalue weighted by Gasteiger charge is -2.19. The maximum atomic E-state index is 13.3. The van der Waals surface area contributed by atoms with E-state index in [1.165, 1.54) is 0 Å². The Balaban J connectivity index is 1.50. The number of Topliss-reactive ketones (excluding diaryl/α,β-unsaturated/α-hetero) is 1. The Morgan fingerprint density at radius 3 is 2.11 bits per heavy atom. The fourth-order valence-electron chi connectivity index (χ4n) is 3.82. The number of amides is 2. The maximum absolute atomic E-state index is 13.3. The molecule has 0 fully saturated rings.